The molecule has 0 aliphatic carbocycles. The van der Waals surface area contributed by atoms with Crippen molar-refractivity contribution in [2.75, 3.05) is 31.6 Å². The van der Waals surface area contributed by atoms with E-state index >= 15 is 0 Å². The Morgan fingerprint density at radius 2 is 2.03 bits per heavy atom. The molecule has 3 heterocycles. The van der Waals surface area contributed by atoms with Gasteiger partial charge in [-0.2, -0.15) is 4.31 Å². The van der Waals surface area contributed by atoms with Gasteiger partial charge in [0.15, 0.2) is 0 Å². The number of aromatic nitrogens is 2. The molecular weight excluding hydrogens is 464 g/mol. The number of thiophene rings is 1. The van der Waals surface area contributed by atoms with Crippen molar-refractivity contribution in [1.29, 1.82) is 0 Å². The first kappa shape index (κ1) is 21.9. The number of aryl methyl sites for hydroxylation is 1. The molecule has 164 valence electrons. The Labute approximate surface area is 187 Å². The lowest BCUT2D eigenvalue weighted by molar-refractivity contribution is -0.116. The van der Waals surface area contributed by atoms with Gasteiger partial charge in [0.2, 0.25) is 15.9 Å². The molecule has 2 aromatic heterocycles. The van der Waals surface area contributed by atoms with E-state index in [-0.39, 0.29) is 47.4 Å². The van der Waals surface area contributed by atoms with E-state index < -0.39 is 10.0 Å². The summed E-state index contributed by atoms with van der Waals surface area (Å²) in [4.78, 5) is 29.6. The molecule has 0 atom stereocenters. The average molecular weight is 483 g/mol. The fourth-order valence-electron chi connectivity index (χ4n) is 3.20. The van der Waals surface area contributed by atoms with Gasteiger partial charge in [-0.05, 0) is 29.6 Å². The van der Waals surface area contributed by atoms with Crippen molar-refractivity contribution in [3.63, 3.8) is 0 Å². The zero-order valence-electron chi connectivity index (χ0n) is 16.3. The van der Waals surface area contributed by atoms with E-state index in [0.717, 1.165) is 0 Å². The van der Waals surface area contributed by atoms with E-state index in [9.17, 15) is 18.0 Å². The van der Waals surface area contributed by atoms with Crippen LogP contribution >= 0.6 is 22.9 Å². The van der Waals surface area contributed by atoms with Crippen molar-refractivity contribution in [3.8, 4) is 0 Å². The van der Waals surface area contributed by atoms with Gasteiger partial charge in [-0.3, -0.25) is 14.2 Å². The smallest absolute Gasteiger partial charge is 0.262 e. The SMILES string of the molecule is O=C(CCn1cnc2sccc2c1=O)Nc1ccc(Cl)c(S(=O)(=O)N2CCOCC2)c1. The van der Waals surface area contributed by atoms with Gasteiger partial charge in [-0.1, -0.05) is 11.6 Å². The van der Waals surface area contributed by atoms with Crippen LogP contribution in [0, 0.1) is 0 Å². The van der Waals surface area contributed by atoms with E-state index in [1.165, 1.54) is 44.7 Å². The zero-order chi connectivity index (χ0) is 22.0. The molecule has 0 bridgehead atoms. The Kier molecular flexibility index (Phi) is 6.39. The first-order chi connectivity index (χ1) is 14.9. The van der Waals surface area contributed by atoms with Crippen LogP contribution in [-0.2, 0) is 26.1 Å². The molecule has 1 aromatic carbocycles. The van der Waals surface area contributed by atoms with Crippen LogP contribution in [-0.4, -0.2) is 54.5 Å². The Bertz CT molecular complexity index is 1280. The van der Waals surface area contributed by atoms with Crippen molar-refractivity contribution in [2.45, 2.75) is 17.9 Å². The van der Waals surface area contributed by atoms with Crippen LogP contribution in [0.3, 0.4) is 0 Å². The van der Waals surface area contributed by atoms with Crippen molar-refractivity contribution in [1.82, 2.24) is 13.9 Å². The molecule has 31 heavy (non-hydrogen) atoms. The third kappa shape index (κ3) is 4.65. The van der Waals surface area contributed by atoms with Crippen LogP contribution in [0.5, 0.6) is 0 Å². The van der Waals surface area contributed by atoms with E-state index in [1.54, 1.807) is 11.4 Å². The van der Waals surface area contributed by atoms with Gasteiger partial charge < -0.3 is 10.1 Å². The molecule has 1 amide bonds. The number of fused-ring (bicyclic) bond motifs is 1. The Hall–Kier alpha value is -2.31. The summed E-state index contributed by atoms with van der Waals surface area (Å²) < 4.78 is 33.7. The number of carbonyl (C=O) groups excluding carboxylic acids is 1. The van der Waals surface area contributed by atoms with Gasteiger partial charge in [0.1, 0.15) is 9.73 Å². The number of anilines is 1. The van der Waals surface area contributed by atoms with Crippen LogP contribution in [0.4, 0.5) is 5.69 Å². The van der Waals surface area contributed by atoms with E-state index in [0.29, 0.717) is 29.1 Å². The van der Waals surface area contributed by atoms with Crippen LogP contribution in [0.15, 0.2) is 45.7 Å². The van der Waals surface area contributed by atoms with Crippen LogP contribution in [0.25, 0.3) is 10.2 Å². The third-order valence-corrected chi connectivity index (χ3v) is 8.03. The number of benzene rings is 1. The summed E-state index contributed by atoms with van der Waals surface area (Å²) in [6.45, 7) is 1.27. The number of amides is 1. The topological polar surface area (TPSA) is 111 Å². The minimum absolute atomic E-state index is 0.0193. The number of rotatable bonds is 6. The number of hydrogen-bond donors (Lipinski definition) is 1. The number of ether oxygens (including phenoxy) is 1. The molecule has 1 saturated heterocycles. The lowest BCUT2D eigenvalue weighted by Gasteiger charge is -2.26. The Morgan fingerprint density at radius 1 is 1.26 bits per heavy atom. The van der Waals surface area contributed by atoms with Crippen molar-refractivity contribution in [3.05, 3.63) is 51.3 Å². The molecule has 9 nitrogen and oxygen atoms in total. The predicted molar refractivity (Wildman–Crippen MR) is 118 cm³/mol. The summed E-state index contributed by atoms with van der Waals surface area (Å²) >= 11 is 7.52. The predicted octanol–water partition coefficient (Wildman–Crippen LogP) is 2.16. The first-order valence-electron chi connectivity index (χ1n) is 9.46. The molecule has 1 aliphatic rings. The van der Waals surface area contributed by atoms with Gasteiger partial charge in [0, 0.05) is 31.7 Å². The molecule has 0 radical (unpaired) electrons. The Morgan fingerprint density at radius 3 is 2.81 bits per heavy atom. The summed E-state index contributed by atoms with van der Waals surface area (Å²) in [6.07, 6.45) is 1.44. The molecule has 4 rings (SSSR count). The van der Waals surface area contributed by atoms with E-state index in [2.05, 4.69) is 10.3 Å². The van der Waals surface area contributed by atoms with Gasteiger partial charge >= 0.3 is 0 Å². The maximum absolute atomic E-state index is 12.9. The maximum atomic E-state index is 12.9. The monoisotopic (exact) mass is 482 g/mol. The molecule has 1 fully saturated rings. The fraction of sp³-hybridized carbons (Fsp3) is 0.316. The minimum atomic E-state index is -3.81. The maximum Gasteiger partial charge on any atom is 0.262 e. The van der Waals surface area contributed by atoms with Crippen molar-refractivity contribution < 1.29 is 17.9 Å². The quantitative estimate of drug-likeness (QED) is 0.576. The van der Waals surface area contributed by atoms with Crippen LogP contribution in [0.1, 0.15) is 6.42 Å². The number of nitrogens with zero attached hydrogens (tertiary/aromatic N) is 3. The lowest BCUT2D eigenvalue weighted by Crippen LogP contribution is -2.40. The fourth-order valence-corrected chi connectivity index (χ4v) is 5.83. The number of carbonyl (C=O) groups is 1. The molecule has 1 aliphatic heterocycles. The number of halogens is 1. The van der Waals surface area contributed by atoms with Gasteiger partial charge in [0.05, 0.1) is 29.9 Å². The number of morpholine rings is 1. The highest BCUT2D eigenvalue weighted by atomic mass is 35.5. The van der Waals surface area contributed by atoms with E-state index in [1.807, 2.05) is 0 Å². The highest BCUT2D eigenvalue weighted by Crippen LogP contribution is 2.28. The van der Waals surface area contributed by atoms with E-state index in [4.69, 9.17) is 16.3 Å². The normalized spacial score (nSPS) is 15.3. The standard InChI is InChI=1S/C19H19ClN4O5S2/c20-15-2-1-13(11-16(15)31(27,28)24-6-8-29-9-7-24)22-17(25)3-5-23-12-21-18-14(19(23)26)4-10-30-18/h1-2,4,10-12H,3,5-9H2,(H,22,25). The summed E-state index contributed by atoms with van der Waals surface area (Å²) in [5.74, 6) is -0.366. The summed E-state index contributed by atoms with van der Waals surface area (Å²) in [7, 11) is -3.81. The number of hydrogen-bond acceptors (Lipinski definition) is 7. The van der Waals surface area contributed by atoms with Gasteiger partial charge in [-0.25, -0.2) is 13.4 Å². The van der Waals surface area contributed by atoms with Gasteiger partial charge in [-0.15, -0.1) is 11.3 Å². The molecule has 0 spiro atoms. The molecular formula is C19H19ClN4O5S2. The van der Waals surface area contributed by atoms with Gasteiger partial charge in [0.25, 0.3) is 5.56 Å². The molecule has 1 N–H and O–H groups in total. The largest absolute Gasteiger partial charge is 0.379 e. The minimum Gasteiger partial charge on any atom is -0.379 e. The highest BCUT2D eigenvalue weighted by molar-refractivity contribution is 7.89. The molecule has 0 saturated carbocycles. The molecule has 3 aromatic rings. The second-order valence-corrected chi connectivity index (χ2v) is 10.1. The zero-order valence-corrected chi connectivity index (χ0v) is 18.7. The average Bonchev–Trinajstić information content (AvgIpc) is 3.25. The molecule has 0 unspecified atom stereocenters. The van der Waals surface area contributed by atoms with Crippen molar-refractivity contribution in [2.24, 2.45) is 0 Å². The lowest BCUT2D eigenvalue weighted by atomic mass is 10.3. The molecule has 12 heteroatoms. The Balaban J connectivity index is 1.46. The van der Waals surface area contributed by atoms with Crippen LogP contribution < -0.4 is 10.9 Å². The number of sulfonamides is 1. The summed E-state index contributed by atoms with van der Waals surface area (Å²) in [5, 5.41) is 5.05. The highest BCUT2D eigenvalue weighted by Gasteiger charge is 2.28. The summed E-state index contributed by atoms with van der Waals surface area (Å²) in [5.41, 5.74) is 0.101. The van der Waals surface area contributed by atoms with Crippen LogP contribution in [0.2, 0.25) is 5.02 Å². The van der Waals surface area contributed by atoms with Crippen molar-refractivity contribution >= 4 is 54.8 Å². The third-order valence-electron chi connectivity index (χ3n) is 4.83. The number of nitrogens with one attached hydrogen (secondary N) is 1. The first-order valence-corrected chi connectivity index (χ1v) is 12.2. The summed E-state index contributed by atoms with van der Waals surface area (Å²) in [6, 6.07) is 6.01. The second kappa shape index (κ2) is 9.05. The second-order valence-electron chi connectivity index (χ2n) is 6.84.